The average molecular weight is 285 g/mol. The lowest BCUT2D eigenvalue weighted by molar-refractivity contribution is -0.121. The van der Waals surface area contributed by atoms with Crippen molar-refractivity contribution in [2.24, 2.45) is 0 Å². The Hall–Kier alpha value is -1.56. The van der Waals surface area contributed by atoms with Gasteiger partial charge in [-0.3, -0.25) is 4.79 Å². The highest BCUT2D eigenvalue weighted by molar-refractivity contribution is 6.31. The fourth-order valence-corrected chi connectivity index (χ4v) is 1.85. The molecule has 7 heteroatoms. The quantitative estimate of drug-likeness (QED) is 0.588. The van der Waals surface area contributed by atoms with E-state index in [1.54, 1.807) is 0 Å². The van der Waals surface area contributed by atoms with Crippen LogP contribution in [0.15, 0.2) is 6.33 Å². The second-order valence-corrected chi connectivity index (χ2v) is 4.78. The number of carbonyl (C=O) groups is 1. The van der Waals surface area contributed by atoms with E-state index in [2.05, 4.69) is 20.6 Å². The van der Waals surface area contributed by atoms with Crippen molar-refractivity contribution >= 4 is 23.3 Å². The van der Waals surface area contributed by atoms with Crippen molar-refractivity contribution in [1.82, 2.24) is 15.3 Å². The van der Waals surface area contributed by atoms with Crippen LogP contribution in [-0.2, 0) is 4.79 Å². The van der Waals surface area contributed by atoms with Crippen LogP contribution in [0, 0.1) is 0 Å². The first kappa shape index (κ1) is 13.9. The second kappa shape index (κ2) is 6.56. The molecule has 6 nitrogen and oxygen atoms in total. The summed E-state index contributed by atoms with van der Waals surface area (Å²) in [6.45, 7) is 0.627. The van der Waals surface area contributed by atoms with Crippen LogP contribution in [0.5, 0.6) is 5.75 Å². The summed E-state index contributed by atoms with van der Waals surface area (Å²) in [5.74, 6) is 1.08. The van der Waals surface area contributed by atoms with Crippen molar-refractivity contribution < 1.29 is 9.53 Å². The van der Waals surface area contributed by atoms with E-state index in [-0.39, 0.29) is 11.1 Å². The Morgan fingerprint density at radius 1 is 1.53 bits per heavy atom. The minimum absolute atomic E-state index is 0.108. The van der Waals surface area contributed by atoms with Gasteiger partial charge in [0.1, 0.15) is 6.33 Å². The number of halogens is 1. The predicted octanol–water partition coefficient (Wildman–Crippen LogP) is 1.61. The van der Waals surface area contributed by atoms with Gasteiger partial charge >= 0.3 is 0 Å². The number of hydrogen-bond donors (Lipinski definition) is 2. The lowest BCUT2D eigenvalue weighted by Gasteiger charge is -2.10. The maximum atomic E-state index is 11.5. The summed E-state index contributed by atoms with van der Waals surface area (Å²) >= 11 is 5.88. The fraction of sp³-hybridized carbons (Fsp3) is 0.583. The molecule has 0 atom stereocenters. The topological polar surface area (TPSA) is 76.1 Å². The summed E-state index contributed by atoms with van der Waals surface area (Å²) < 4.78 is 5.12. The van der Waals surface area contributed by atoms with Crippen molar-refractivity contribution in [3.05, 3.63) is 11.5 Å². The number of anilines is 1. The average Bonchev–Trinajstić information content (AvgIpc) is 3.18. The Labute approximate surface area is 116 Å². The minimum Gasteiger partial charge on any atom is -0.490 e. The van der Waals surface area contributed by atoms with Crippen LogP contribution in [0.25, 0.3) is 0 Å². The molecular weight excluding hydrogens is 268 g/mol. The monoisotopic (exact) mass is 284 g/mol. The number of aromatic nitrogens is 2. The summed E-state index contributed by atoms with van der Waals surface area (Å²) in [4.78, 5) is 19.4. The van der Waals surface area contributed by atoms with E-state index in [1.807, 2.05) is 0 Å². The van der Waals surface area contributed by atoms with E-state index < -0.39 is 0 Å². The number of rotatable bonds is 7. The second-order valence-electron chi connectivity index (χ2n) is 4.42. The third-order valence-electron chi connectivity index (χ3n) is 2.78. The Bertz CT molecular complexity index is 451. The molecule has 0 unspecified atom stereocenters. The third kappa shape index (κ3) is 4.24. The van der Waals surface area contributed by atoms with Crippen molar-refractivity contribution in [2.45, 2.75) is 31.7 Å². The van der Waals surface area contributed by atoms with Crippen LogP contribution in [0.4, 0.5) is 5.82 Å². The number of amides is 1. The van der Waals surface area contributed by atoms with Crippen LogP contribution in [0.2, 0.25) is 5.15 Å². The summed E-state index contributed by atoms with van der Waals surface area (Å²) in [6, 6.07) is 0.418. The molecule has 0 aromatic carbocycles. The summed E-state index contributed by atoms with van der Waals surface area (Å²) in [7, 11) is 1.51. The van der Waals surface area contributed by atoms with Crippen LogP contribution < -0.4 is 15.4 Å². The number of methoxy groups -OCH3 is 1. The molecule has 104 valence electrons. The van der Waals surface area contributed by atoms with E-state index in [9.17, 15) is 4.79 Å². The van der Waals surface area contributed by atoms with E-state index >= 15 is 0 Å². The van der Waals surface area contributed by atoms with Gasteiger partial charge in [0, 0.05) is 19.0 Å². The SMILES string of the molecule is COc1c(Cl)ncnc1NCCCC(=O)NC1CC1. The highest BCUT2D eigenvalue weighted by Crippen LogP contribution is 2.28. The van der Waals surface area contributed by atoms with Crippen LogP contribution in [-0.4, -0.2) is 35.6 Å². The molecule has 0 spiro atoms. The number of nitrogens with zero attached hydrogens (tertiary/aromatic N) is 2. The Balaban J connectivity index is 1.72. The molecule has 1 amide bonds. The van der Waals surface area contributed by atoms with E-state index in [0.717, 1.165) is 19.3 Å². The maximum Gasteiger partial charge on any atom is 0.220 e. The zero-order valence-electron chi connectivity index (χ0n) is 10.8. The van der Waals surface area contributed by atoms with Crippen LogP contribution in [0.3, 0.4) is 0 Å². The van der Waals surface area contributed by atoms with Gasteiger partial charge in [-0.25, -0.2) is 9.97 Å². The van der Waals surface area contributed by atoms with Gasteiger partial charge in [0.15, 0.2) is 16.7 Å². The predicted molar refractivity (Wildman–Crippen MR) is 72.5 cm³/mol. The molecule has 2 rings (SSSR count). The summed E-state index contributed by atoms with van der Waals surface area (Å²) in [5.41, 5.74) is 0. The van der Waals surface area contributed by atoms with Gasteiger partial charge in [-0.15, -0.1) is 0 Å². The van der Waals surface area contributed by atoms with E-state index in [1.165, 1.54) is 13.4 Å². The Kier molecular flexibility index (Phi) is 4.79. The highest BCUT2D eigenvalue weighted by Gasteiger charge is 2.22. The molecule has 1 aliphatic carbocycles. The van der Waals surface area contributed by atoms with Crippen LogP contribution >= 0.6 is 11.6 Å². The highest BCUT2D eigenvalue weighted by atomic mass is 35.5. The molecule has 1 aromatic rings. The number of carbonyl (C=O) groups excluding carboxylic acids is 1. The van der Waals surface area contributed by atoms with Gasteiger partial charge in [-0.05, 0) is 19.3 Å². The minimum atomic E-state index is 0.108. The third-order valence-corrected chi connectivity index (χ3v) is 3.05. The van der Waals surface area contributed by atoms with Gasteiger partial charge in [0.05, 0.1) is 7.11 Å². The van der Waals surface area contributed by atoms with E-state index in [0.29, 0.717) is 30.6 Å². The molecule has 0 aliphatic heterocycles. The standard InChI is InChI=1S/C12H17ClN4O2/c1-19-10-11(13)15-7-16-12(10)14-6-2-3-9(18)17-8-4-5-8/h7-8H,2-6H2,1H3,(H,17,18)(H,14,15,16). The summed E-state index contributed by atoms with van der Waals surface area (Å²) in [5, 5.41) is 6.30. The van der Waals surface area contributed by atoms with E-state index in [4.69, 9.17) is 16.3 Å². The first-order chi connectivity index (χ1) is 9.20. The smallest absolute Gasteiger partial charge is 0.220 e. The molecule has 1 aliphatic rings. The fourth-order valence-electron chi connectivity index (χ4n) is 1.64. The Morgan fingerprint density at radius 2 is 2.32 bits per heavy atom. The largest absolute Gasteiger partial charge is 0.490 e. The first-order valence-corrected chi connectivity index (χ1v) is 6.66. The lowest BCUT2D eigenvalue weighted by Crippen LogP contribution is -2.25. The van der Waals surface area contributed by atoms with Gasteiger partial charge in [0.2, 0.25) is 5.91 Å². The molecule has 0 bridgehead atoms. The van der Waals surface area contributed by atoms with Crippen molar-refractivity contribution in [2.75, 3.05) is 19.0 Å². The lowest BCUT2D eigenvalue weighted by atomic mass is 10.3. The maximum absolute atomic E-state index is 11.5. The summed E-state index contributed by atoms with van der Waals surface area (Å²) in [6.07, 6.45) is 4.82. The molecule has 1 saturated carbocycles. The molecule has 19 heavy (non-hydrogen) atoms. The zero-order valence-corrected chi connectivity index (χ0v) is 11.5. The molecule has 2 N–H and O–H groups in total. The van der Waals surface area contributed by atoms with Gasteiger partial charge in [-0.1, -0.05) is 11.6 Å². The number of nitrogens with one attached hydrogen (secondary N) is 2. The molecule has 1 aromatic heterocycles. The van der Waals surface area contributed by atoms with Gasteiger partial charge < -0.3 is 15.4 Å². The van der Waals surface area contributed by atoms with Crippen LogP contribution in [0.1, 0.15) is 25.7 Å². The number of hydrogen-bond acceptors (Lipinski definition) is 5. The molecular formula is C12H17ClN4O2. The van der Waals surface area contributed by atoms with Gasteiger partial charge in [-0.2, -0.15) is 0 Å². The molecule has 0 radical (unpaired) electrons. The molecule has 1 fully saturated rings. The van der Waals surface area contributed by atoms with Crippen molar-refractivity contribution in [3.63, 3.8) is 0 Å². The van der Waals surface area contributed by atoms with Crippen molar-refractivity contribution in [3.8, 4) is 5.75 Å². The molecule has 1 heterocycles. The van der Waals surface area contributed by atoms with Gasteiger partial charge in [0.25, 0.3) is 0 Å². The number of ether oxygens (including phenoxy) is 1. The Morgan fingerprint density at radius 3 is 3.00 bits per heavy atom. The first-order valence-electron chi connectivity index (χ1n) is 6.28. The van der Waals surface area contributed by atoms with Crippen molar-refractivity contribution in [1.29, 1.82) is 0 Å². The zero-order chi connectivity index (χ0) is 13.7. The molecule has 0 saturated heterocycles. The normalized spacial score (nSPS) is 14.0.